The van der Waals surface area contributed by atoms with Gasteiger partial charge in [0.05, 0.1) is 11.4 Å². The molecule has 3 aromatic rings. The Bertz CT molecular complexity index is 1120. The molecule has 0 radical (unpaired) electrons. The fourth-order valence-corrected chi connectivity index (χ4v) is 3.86. The number of likely N-dealkylation sites (tertiary alicyclic amines) is 1. The standard InChI is InChI=1S/C21H20F4N6O/c1-14-27-28-29-31(14)16-7-8-17(22)18(11-16)26-19(32)20(21(23,24)25)9-10-30(13-20)12-15-5-3-2-4-6-15/h2-8,11H,9-10,12-13H2,1H3,(H,26,32). The maximum absolute atomic E-state index is 14.4. The second-order valence-electron chi connectivity index (χ2n) is 7.78. The van der Waals surface area contributed by atoms with Gasteiger partial charge in [0.15, 0.2) is 11.2 Å². The smallest absolute Gasteiger partial charge is 0.323 e. The molecule has 11 heteroatoms. The lowest BCUT2D eigenvalue weighted by Gasteiger charge is -2.30. The number of aryl methyl sites for hydroxylation is 1. The van der Waals surface area contributed by atoms with E-state index in [1.165, 1.54) is 16.8 Å². The van der Waals surface area contributed by atoms with Crippen molar-refractivity contribution in [2.45, 2.75) is 26.1 Å². The molecule has 0 spiro atoms. The second kappa shape index (κ2) is 8.30. The third kappa shape index (κ3) is 4.07. The van der Waals surface area contributed by atoms with Crippen LogP contribution in [0.4, 0.5) is 23.2 Å². The number of nitrogens with zero attached hydrogens (tertiary/aromatic N) is 5. The molecule has 1 aliphatic heterocycles. The summed E-state index contributed by atoms with van der Waals surface area (Å²) in [4.78, 5) is 14.5. The average molecular weight is 448 g/mol. The van der Waals surface area contributed by atoms with E-state index in [1.807, 2.05) is 18.2 Å². The number of benzene rings is 2. The van der Waals surface area contributed by atoms with Crippen molar-refractivity contribution in [3.63, 3.8) is 0 Å². The molecule has 1 saturated heterocycles. The summed E-state index contributed by atoms with van der Waals surface area (Å²) in [6.45, 7) is 1.48. The molecule has 2 aromatic carbocycles. The average Bonchev–Trinajstić information content (AvgIpc) is 3.37. The Hall–Kier alpha value is -3.34. The van der Waals surface area contributed by atoms with E-state index in [1.54, 1.807) is 24.0 Å². The van der Waals surface area contributed by atoms with Crippen LogP contribution in [0.2, 0.25) is 0 Å². The van der Waals surface area contributed by atoms with Crippen LogP contribution in [-0.4, -0.2) is 50.3 Å². The lowest BCUT2D eigenvalue weighted by Crippen LogP contribution is -2.50. The molecule has 4 rings (SSSR count). The number of tetrazole rings is 1. The molecule has 0 bridgehead atoms. The number of hydrogen-bond acceptors (Lipinski definition) is 5. The summed E-state index contributed by atoms with van der Waals surface area (Å²) in [5.74, 6) is -1.75. The van der Waals surface area contributed by atoms with Crippen LogP contribution in [0, 0.1) is 18.2 Å². The number of nitrogens with one attached hydrogen (secondary N) is 1. The van der Waals surface area contributed by atoms with E-state index in [2.05, 4.69) is 20.8 Å². The minimum absolute atomic E-state index is 0.0914. The minimum atomic E-state index is -4.80. The fourth-order valence-electron chi connectivity index (χ4n) is 3.86. The van der Waals surface area contributed by atoms with Gasteiger partial charge >= 0.3 is 6.18 Å². The highest BCUT2D eigenvalue weighted by molar-refractivity contribution is 5.96. The lowest BCUT2D eigenvalue weighted by atomic mass is 9.85. The van der Waals surface area contributed by atoms with Crippen molar-refractivity contribution in [1.82, 2.24) is 25.1 Å². The van der Waals surface area contributed by atoms with Crippen molar-refractivity contribution in [2.75, 3.05) is 18.4 Å². The van der Waals surface area contributed by atoms with Gasteiger partial charge in [0.2, 0.25) is 5.91 Å². The van der Waals surface area contributed by atoms with E-state index in [0.717, 1.165) is 11.6 Å². The maximum Gasteiger partial charge on any atom is 0.404 e. The van der Waals surface area contributed by atoms with Gasteiger partial charge in [-0.3, -0.25) is 9.69 Å². The summed E-state index contributed by atoms with van der Waals surface area (Å²) in [7, 11) is 0. The predicted molar refractivity (Wildman–Crippen MR) is 107 cm³/mol. The first-order valence-corrected chi connectivity index (χ1v) is 9.89. The number of anilines is 1. The SMILES string of the molecule is Cc1nnnn1-c1ccc(F)c(NC(=O)C2(C(F)(F)F)CCN(Cc3ccccc3)C2)c1. The number of carbonyl (C=O) groups excluding carboxylic acids is 1. The third-order valence-electron chi connectivity index (χ3n) is 5.64. The van der Waals surface area contributed by atoms with Gasteiger partial charge in [-0.1, -0.05) is 30.3 Å². The first kappa shape index (κ1) is 21.9. The van der Waals surface area contributed by atoms with Crippen molar-refractivity contribution in [3.8, 4) is 5.69 Å². The van der Waals surface area contributed by atoms with Gasteiger partial charge in [0.1, 0.15) is 5.82 Å². The largest absolute Gasteiger partial charge is 0.404 e. The topological polar surface area (TPSA) is 75.9 Å². The number of amides is 1. The third-order valence-corrected chi connectivity index (χ3v) is 5.64. The summed E-state index contributed by atoms with van der Waals surface area (Å²) in [6, 6.07) is 12.7. The molecular weight excluding hydrogens is 428 g/mol. The molecule has 1 aliphatic rings. The normalized spacial score (nSPS) is 19.3. The van der Waals surface area contributed by atoms with Crippen LogP contribution in [0.25, 0.3) is 5.69 Å². The summed E-state index contributed by atoms with van der Waals surface area (Å²) in [5, 5.41) is 13.1. The van der Waals surface area contributed by atoms with E-state index >= 15 is 0 Å². The monoisotopic (exact) mass is 448 g/mol. The van der Waals surface area contributed by atoms with Crippen LogP contribution in [0.1, 0.15) is 17.8 Å². The summed E-state index contributed by atoms with van der Waals surface area (Å²) >= 11 is 0. The van der Waals surface area contributed by atoms with E-state index in [0.29, 0.717) is 11.5 Å². The summed E-state index contributed by atoms with van der Waals surface area (Å²) in [6.07, 6.45) is -5.22. The van der Waals surface area contributed by atoms with Crippen molar-refractivity contribution in [3.05, 3.63) is 65.7 Å². The molecular formula is C21H20F4N6O. The van der Waals surface area contributed by atoms with Gasteiger partial charge in [-0.25, -0.2) is 4.39 Å². The number of hydrogen-bond donors (Lipinski definition) is 1. The van der Waals surface area contributed by atoms with E-state index in [9.17, 15) is 22.4 Å². The first-order chi connectivity index (χ1) is 15.2. The number of alkyl halides is 3. The highest BCUT2D eigenvalue weighted by atomic mass is 19.4. The van der Waals surface area contributed by atoms with Gasteiger partial charge in [-0.05, 0) is 54.1 Å². The number of carbonyl (C=O) groups is 1. The highest BCUT2D eigenvalue weighted by Gasteiger charge is 2.63. The zero-order valence-electron chi connectivity index (χ0n) is 17.1. The molecule has 1 aromatic heterocycles. The molecule has 1 atom stereocenters. The molecule has 1 fully saturated rings. The Balaban J connectivity index is 1.58. The highest BCUT2D eigenvalue weighted by Crippen LogP contribution is 2.46. The van der Waals surface area contributed by atoms with Crippen molar-refractivity contribution in [2.24, 2.45) is 5.41 Å². The number of aromatic nitrogens is 4. The molecule has 32 heavy (non-hydrogen) atoms. The number of rotatable bonds is 5. The lowest BCUT2D eigenvalue weighted by molar-refractivity contribution is -0.215. The van der Waals surface area contributed by atoms with E-state index < -0.39 is 36.3 Å². The first-order valence-electron chi connectivity index (χ1n) is 9.89. The van der Waals surface area contributed by atoms with Crippen LogP contribution >= 0.6 is 0 Å². The van der Waals surface area contributed by atoms with Crippen LogP contribution in [-0.2, 0) is 11.3 Å². The molecule has 1 N–H and O–H groups in total. The summed E-state index contributed by atoms with van der Waals surface area (Å²) in [5.41, 5.74) is -1.86. The van der Waals surface area contributed by atoms with Crippen LogP contribution < -0.4 is 5.32 Å². The zero-order valence-corrected chi connectivity index (χ0v) is 17.1. The Morgan fingerprint density at radius 3 is 2.59 bits per heavy atom. The quantitative estimate of drug-likeness (QED) is 0.605. The van der Waals surface area contributed by atoms with Gasteiger partial charge < -0.3 is 5.32 Å². The van der Waals surface area contributed by atoms with Gasteiger partial charge in [-0.15, -0.1) is 5.10 Å². The predicted octanol–water partition coefficient (Wildman–Crippen LogP) is 3.50. The number of halogens is 4. The van der Waals surface area contributed by atoms with Gasteiger partial charge in [0.25, 0.3) is 0 Å². The molecule has 1 amide bonds. The van der Waals surface area contributed by atoms with Crippen molar-refractivity contribution >= 4 is 11.6 Å². The zero-order chi connectivity index (χ0) is 22.9. The molecule has 1 unspecified atom stereocenters. The van der Waals surface area contributed by atoms with Crippen LogP contribution in [0.3, 0.4) is 0 Å². The fraction of sp³-hybridized carbons (Fsp3) is 0.333. The Kier molecular flexibility index (Phi) is 5.68. The molecule has 0 aliphatic carbocycles. The molecule has 7 nitrogen and oxygen atoms in total. The maximum atomic E-state index is 14.4. The van der Waals surface area contributed by atoms with Crippen molar-refractivity contribution in [1.29, 1.82) is 0 Å². The Morgan fingerprint density at radius 1 is 1.19 bits per heavy atom. The molecule has 0 saturated carbocycles. The second-order valence-corrected chi connectivity index (χ2v) is 7.78. The van der Waals surface area contributed by atoms with Crippen LogP contribution in [0.15, 0.2) is 48.5 Å². The Morgan fingerprint density at radius 2 is 1.94 bits per heavy atom. The van der Waals surface area contributed by atoms with Gasteiger partial charge in [0, 0.05) is 13.1 Å². The van der Waals surface area contributed by atoms with E-state index in [-0.39, 0.29) is 18.8 Å². The van der Waals surface area contributed by atoms with Crippen LogP contribution in [0.5, 0.6) is 0 Å². The Labute approximate surface area is 181 Å². The summed E-state index contributed by atoms with van der Waals surface area (Å²) < 4.78 is 58.0. The molecule has 168 valence electrons. The van der Waals surface area contributed by atoms with E-state index in [4.69, 9.17) is 0 Å². The van der Waals surface area contributed by atoms with Crippen molar-refractivity contribution < 1.29 is 22.4 Å². The minimum Gasteiger partial charge on any atom is -0.323 e. The molecule has 2 heterocycles. The van der Waals surface area contributed by atoms with Gasteiger partial charge in [-0.2, -0.15) is 17.9 Å².